The SMILES string of the molecule is COc1ccc(S(=O)(=O)N2CCC[C@H](C(=O)NCCSc3n[nH]c(C)n3)C2)cc1C. The van der Waals surface area contributed by atoms with E-state index in [1.165, 1.54) is 16.1 Å². The Kier molecular flexibility index (Phi) is 7.37. The van der Waals surface area contributed by atoms with Crippen LogP contribution in [0.15, 0.2) is 28.3 Å². The first-order valence-corrected chi connectivity index (χ1v) is 12.2. The van der Waals surface area contributed by atoms with E-state index in [1.807, 2.05) is 13.8 Å². The van der Waals surface area contributed by atoms with E-state index in [0.29, 0.717) is 42.6 Å². The third-order valence-corrected chi connectivity index (χ3v) is 7.68. The molecule has 1 aliphatic rings. The van der Waals surface area contributed by atoms with Crippen LogP contribution < -0.4 is 10.1 Å². The molecule has 1 aromatic carbocycles. The van der Waals surface area contributed by atoms with Crippen LogP contribution in [0.4, 0.5) is 0 Å². The van der Waals surface area contributed by atoms with Gasteiger partial charge in [-0.1, -0.05) is 11.8 Å². The zero-order valence-corrected chi connectivity index (χ0v) is 19.0. The van der Waals surface area contributed by atoms with Gasteiger partial charge in [0.05, 0.1) is 17.9 Å². The van der Waals surface area contributed by atoms with Crippen LogP contribution in [0, 0.1) is 19.8 Å². The molecule has 1 saturated heterocycles. The number of ether oxygens (including phenoxy) is 1. The van der Waals surface area contributed by atoms with E-state index >= 15 is 0 Å². The lowest BCUT2D eigenvalue weighted by molar-refractivity contribution is -0.125. The number of amides is 1. The Balaban J connectivity index is 1.55. The van der Waals surface area contributed by atoms with Crippen LogP contribution in [-0.2, 0) is 14.8 Å². The van der Waals surface area contributed by atoms with Gasteiger partial charge in [0.2, 0.25) is 21.1 Å². The Hall–Kier alpha value is -2.11. The van der Waals surface area contributed by atoms with Crippen molar-refractivity contribution in [3.63, 3.8) is 0 Å². The molecular formula is C19H27N5O4S2. The first kappa shape index (κ1) is 22.6. The van der Waals surface area contributed by atoms with Crippen LogP contribution in [-0.4, -0.2) is 66.3 Å². The molecule has 1 aromatic heterocycles. The number of hydrogen-bond acceptors (Lipinski definition) is 7. The van der Waals surface area contributed by atoms with Crippen molar-refractivity contribution in [2.45, 2.75) is 36.7 Å². The number of methoxy groups -OCH3 is 1. The number of hydrogen-bond donors (Lipinski definition) is 2. The number of nitrogens with zero attached hydrogens (tertiary/aromatic N) is 3. The first-order chi connectivity index (χ1) is 14.3. The van der Waals surface area contributed by atoms with Crippen molar-refractivity contribution in [3.8, 4) is 5.75 Å². The number of nitrogens with one attached hydrogen (secondary N) is 2. The van der Waals surface area contributed by atoms with E-state index in [9.17, 15) is 13.2 Å². The topological polar surface area (TPSA) is 117 Å². The van der Waals surface area contributed by atoms with Crippen molar-refractivity contribution in [1.29, 1.82) is 0 Å². The highest BCUT2D eigenvalue weighted by Crippen LogP contribution is 2.27. The molecule has 1 aliphatic heterocycles. The number of rotatable bonds is 8. The Morgan fingerprint density at radius 2 is 2.20 bits per heavy atom. The number of carbonyl (C=O) groups excluding carboxylic acids is 1. The van der Waals surface area contributed by atoms with Crippen LogP contribution in [0.5, 0.6) is 5.75 Å². The lowest BCUT2D eigenvalue weighted by atomic mass is 9.99. The summed E-state index contributed by atoms with van der Waals surface area (Å²) in [6.07, 6.45) is 1.32. The van der Waals surface area contributed by atoms with E-state index < -0.39 is 10.0 Å². The molecule has 2 heterocycles. The molecule has 11 heteroatoms. The molecule has 2 aromatic rings. The number of aromatic nitrogens is 3. The van der Waals surface area contributed by atoms with Gasteiger partial charge < -0.3 is 10.1 Å². The smallest absolute Gasteiger partial charge is 0.243 e. The second-order valence-electron chi connectivity index (χ2n) is 7.18. The second-order valence-corrected chi connectivity index (χ2v) is 10.2. The van der Waals surface area contributed by atoms with E-state index in [4.69, 9.17) is 4.74 Å². The fourth-order valence-corrected chi connectivity index (χ4v) is 5.69. The average Bonchev–Trinajstić information content (AvgIpc) is 3.16. The molecule has 0 saturated carbocycles. The van der Waals surface area contributed by atoms with Crippen molar-refractivity contribution in [1.82, 2.24) is 24.8 Å². The fourth-order valence-electron chi connectivity index (χ4n) is 3.38. The van der Waals surface area contributed by atoms with Crippen molar-refractivity contribution >= 4 is 27.7 Å². The lowest BCUT2D eigenvalue weighted by Crippen LogP contribution is -2.45. The Morgan fingerprint density at radius 1 is 1.40 bits per heavy atom. The summed E-state index contributed by atoms with van der Waals surface area (Å²) in [6.45, 7) is 4.71. The van der Waals surface area contributed by atoms with Gasteiger partial charge in [0.15, 0.2) is 0 Å². The van der Waals surface area contributed by atoms with E-state index in [1.54, 1.807) is 25.3 Å². The van der Waals surface area contributed by atoms with Gasteiger partial charge in [0, 0.05) is 25.4 Å². The standard InChI is InChI=1S/C19H27N5O4S2/c1-13-11-16(6-7-17(13)28-3)30(26,27)24-9-4-5-15(12-24)18(25)20-8-10-29-19-21-14(2)22-23-19/h6-7,11,15H,4-5,8-10,12H2,1-3H3,(H,20,25)(H,21,22,23)/t15-/m0/s1. The summed E-state index contributed by atoms with van der Waals surface area (Å²) < 4.78 is 32.7. The highest BCUT2D eigenvalue weighted by atomic mass is 32.2. The largest absolute Gasteiger partial charge is 0.496 e. The minimum absolute atomic E-state index is 0.118. The molecule has 2 N–H and O–H groups in total. The Labute approximate surface area is 181 Å². The molecule has 1 fully saturated rings. The Morgan fingerprint density at radius 3 is 2.87 bits per heavy atom. The van der Waals surface area contributed by atoms with Gasteiger partial charge in [0.25, 0.3) is 0 Å². The van der Waals surface area contributed by atoms with Gasteiger partial charge in [0.1, 0.15) is 11.6 Å². The van der Waals surface area contributed by atoms with Crippen molar-refractivity contribution < 1.29 is 17.9 Å². The summed E-state index contributed by atoms with van der Waals surface area (Å²) in [5.74, 6) is 1.55. The maximum absolute atomic E-state index is 13.1. The third-order valence-electron chi connectivity index (χ3n) is 4.97. The zero-order valence-electron chi connectivity index (χ0n) is 17.3. The maximum atomic E-state index is 13.1. The number of sulfonamides is 1. The van der Waals surface area contributed by atoms with Crippen LogP contribution in [0.25, 0.3) is 0 Å². The van der Waals surface area contributed by atoms with E-state index in [2.05, 4.69) is 20.5 Å². The van der Waals surface area contributed by atoms with Gasteiger partial charge in [-0.2, -0.15) is 4.31 Å². The first-order valence-electron chi connectivity index (χ1n) is 9.75. The van der Waals surface area contributed by atoms with Crippen molar-refractivity contribution in [2.24, 2.45) is 5.92 Å². The second kappa shape index (κ2) is 9.80. The molecule has 0 bridgehead atoms. The molecule has 3 rings (SSSR count). The molecular weight excluding hydrogens is 426 g/mol. The summed E-state index contributed by atoms with van der Waals surface area (Å²) in [6, 6.07) is 4.82. The monoisotopic (exact) mass is 453 g/mol. The van der Waals surface area contributed by atoms with Gasteiger partial charge in [-0.25, -0.2) is 13.4 Å². The van der Waals surface area contributed by atoms with Crippen LogP contribution in [0.2, 0.25) is 0 Å². The molecule has 0 unspecified atom stereocenters. The lowest BCUT2D eigenvalue weighted by Gasteiger charge is -2.31. The predicted octanol–water partition coefficient (Wildman–Crippen LogP) is 1.74. The van der Waals surface area contributed by atoms with Gasteiger partial charge in [-0.3, -0.25) is 9.89 Å². The summed E-state index contributed by atoms with van der Waals surface area (Å²) >= 11 is 1.45. The number of H-pyrrole nitrogens is 1. The van der Waals surface area contributed by atoms with E-state index in [-0.39, 0.29) is 23.3 Å². The summed E-state index contributed by atoms with van der Waals surface area (Å²) in [5, 5.41) is 10.4. The number of benzene rings is 1. The zero-order chi connectivity index (χ0) is 21.7. The number of thioether (sulfide) groups is 1. The number of aromatic amines is 1. The van der Waals surface area contributed by atoms with Gasteiger partial charge in [-0.05, 0) is 50.5 Å². The third kappa shape index (κ3) is 5.32. The summed E-state index contributed by atoms with van der Waals surface area (Å²) in [4.78, 5) is 17.0. The van der Waals surface area contributed by atoms with Gasteiger partial charge >= 0.3 is 0 Å². The summed E-state index contributed by atoms with van der Waals surface area (Å²) in [7, 11) is -2.11. The van der Waals surface area contributed by atoms with Crippen LogP contribution >= 0.6 is 11.8 Å². The molecule has 164 valence electrons. The molecule has 1 atom stereocenters. The number of piperidine rings is 1. The number of aryl methyl sites for hydroxylation is 2. The predicted molar refractivity (Wildman–Crippen MR) is 114 cm³/mol. The molecule has 30 heavy (non-hydrogen) atoms. The fraction of sp³-hybridized carbons (Fsp3) is 0.526. The molecule has 9 nitrogen and oxygen atoms in total. The summed E-state index contributed by atoms with van der Waals surface area (Å²) in [5.41, 5.74) is 0.754. The minimum Gasteiger partial charge on any atom is -0.496 e. The molecule has 1 amide bonds. The Bertz CT molecular complexity index is 993. The normalized spacial score (nSPS) is 17.6. The van der Waals surface area contributed by atoms with Crippen LogP contribution in [0.1, 0.15) is 24.2 Å². The quantitative estimate of drug-likeness (QED) is 0.462. The molecule has 0 spiro atoms. The van der Waals surface area contributed by atoms with Crippen molar-refractivity contribution in [3.05, 3.63) is 29.6 Å². The van der Waals surface area contributed by atoms with Crippen LogP contribution in [0.3, 0.4) is 0 Å². The van der Waals surface area contributed by atoms with E-state index in [0.717, 1.165) is 11.4 Å². The molecule has 0 radical (unpaired) electrons. The highest BCUT2D eigenvalue weighted by Gasteiger charge is 2.33. The molecule has 0 aliphatic carbocycles. The van der Waals surface area contributed by atoms with Crippen molar-refractivity contribution in [2.75, 3.05) is 32.5 Å². The average molecular weight is 454 g/mol. The minimum atomic E-state index is -3.66. The number of carbonyl (C=O) groups is 1. The van der Waals surface area contributed by atoms with Gasteiger partial charge in [-0.15, -0.1) is 5.10 Å². The highest BCUT2D eigenvalue weighted by molar-refractivity contribution is 7.99. The maximum Gasteiger partial charge on any atom is 0.243 e.